The second-order valence-corrected chi connectivity index (χ2v) is 8.46. The Morgan fingerprint density at radius 2 is 1.74 bits per heavy atom. The molecule has 0 radical (unpaired) electrons. The predicted molar refractivity (Wildman–Crippen MR) is 126 cm³/mol. The first-order valence-corrected chi connectivity index (χ1v) is 10.9. The van der Waals surface area contributed by atoms with Crippen molar-refractivity contribution < 1.29 is 14.3 Å². The van der Waals surface area contributed by atoms with E-state index in [1.807, 2.05) is 52.0 Å². The van der Waals surface area contributed by atoms with Crippen LogP contribution in [0.4, 0.5) is 10.8 Å². The number of thiazole rings is 1. The number of aryl methyl sites for hydroxylation is 4. The number of Topliss-reactive ketones (excluding diaryl/α,β-unsaturated/α-hetero) is 1. The maximum absolute atomic E-state index is 12.8. The molecule has 3 aromatic rings. The highest BCUT2D eigenvalue weighted by atomic mass is 32.1. The van der Waals surface area contributed by atoms with Gasteiger partial charge in [-0.15, -0.1) is 0 Å². The van der Waals surface area contributed by atoms with Crippen molar-refractivity contribution in [1.29, 1.82) is 0 Å². The van der Waals surface area contributed by atoms with Crippen LogP contribution >= 0.6 is 11.3 Å². The first kappa shape index (κ1) is 22.5. The molecular weight excluding hydrogens is 410 g/mol. The first-order valence-electron chi connectivity index (χ1n) is 10.1. The molecule has 162 valence electrons. The van der Waals surface area contributed by atoms with Crippen molar-refractivity contribution in [3.8, 4) is 5.75 Å². The fraction of sp³-hybridized carbons (Fsp3) is 0.292. The van der Waals surface area contributed by atoms with Crippen molar-refractivity contribution in [2.45, 2.75) is 34.1 Å². The third-order valence-corrected chi connectivity index (χ3v) is 6.07. The Hall–Kier alpha value is -3.19. The first-order chi connectivity index (χ1) is 14.8. The van der Waals surface area contributed by atoms with Gasteiger partial charge in [0.25, 0.3) is 5.91 Å². The van der Waals surface area contributed by atoms with Gasteiger partial charge in [0.05, 0.1) is 18.4 Å². The summed E-state index contributed by atoms with van der Waals surface area (Å²) >= 11 is 1.29. The molecule has 1 amide bonds. The van der Waals surface area contributed by atoms with E-state index in [2.05, 4.69) is 15.6 Å². The van der Waals surface area contributed by atoms with Gasteiger partial charge < -0.3 is 15.4 Å². The number of carbonyl (C=O) groups is 2. The minimum Gasteiger partial charge on any atom is -0.496 e. The minimum atomic E-state index is -0.178. The normalized spacial score (nSPS) is 10.6. The summed E-state index contributed by atoms with van der Waals surface area (Å²) in [4.78, 5) is 30.3. The SMILES string of the molecule is COc1ccccc1C(=O)CCNc1nc(C)c(C(=O)Nc2c(C)cc(C)cc2C)s1. The van der Waals surface area contributed by atoms with Crippen molar-refractivity contribution >= 4 is 33.8 Å². The summed E-state index contributed by atoms with van der Waals surface area (Å²) in [6.07, 6.45) is 0.294. The highest BCUT2D eigenvalue weighted by Crippen LogP contribution is 2.27. The van der Waals surface area contributed by atoms with Crippen LogP contribution in [0.2, 0.25) is 0 Å². The molecule has 0 spiro atoms. The molecule has 0 saturated carbocycles. The molecule has 1 aromatic heterocycles. The summed E-state index contributed by atoms with van der Waals surface area (Å²) in [5.41, 5.74) is 5.27. The Bertz CT molecular complexity index is 1100. The Morgan fingerprint density at radius 1 is 1.06 bits per heavy atom. The molecule has 3 rings (SSSR count). The van der Waals surface area contributed by atoms with Gasteiger partial charge in [0.15, 0.2) is 10.9 Å². The van der Waals surface area contributed by atoms with Crippen LogP contribution in [0.1, 0.15) is 48.8 Å². The van der Waals surface area contributed by atoms with Crippen LogP contribution in [0.15, 0.2) is 36.4 Å². The Balaban J connectivity index is 1.63. The maximum Gasteiger partial charge on any atom is 0.267 e. The summed E-state index contributed by atoms with van der Waals surface area (Å²) in [6.45, 7) is 8.24. The number of nitrogens with zero attached hydrogens (tertiary/aromatic N) is 1. The second kappa shape index (κ2) is 9.75. The van der Waals surface area contributed by atoms with Crippen LogP contribution in [0.25, 0.3) is 0 Å². The number of ether oxygens (including phenoxy) is 1. The molecule has 0 unspecified atom stereocenters. The molecule has 31 heavy (non-hydrogen) atoms. The Morgan fingerprint density at radius 3 is 2.42 bits per heavy atom. The van der Waals surface area contributed by atoms with E-state index in [1.165, 1.54) is 11.3 Å². The van der Waals surface area contributed by atoms with Crippen molar-refractivity contribution in [3.63, 3.8) is 0 Å². The monoisotopic (exact) mass is 437 g/mol. The quantitative estimate of drug-likeness (QED) is 0.466. The molecule has 0 atom stereocenters. The standard InChI is InChI=1S/C24H27N3O3S/c1-14-12-15(2)21(16(3)13-14)27-23(29)22-17(4)26-24(31-22)25-11-10-19(28)18-8-6-7-9-20(18)30-5/h6-9,12-13H,10-11H2,1-5H3,(H,25,26)(H,27,29). The molecule has 7 heteroatoms. The number of hydrogen-bond acceptors (Lipinski definition) is 6. The van der Waals surface area contributed by atoms with Crippen molar-refractivity contribution in [1.82, 2.24) is 4.98 Å². The van der Waals surface area contributed by atoms with Crippen molar-refractivity contribution in [3.05, 3.63) is 69.2 Å². The zero-order chi connectivity index (χ0) is 22.5. The summed E-state index contributed by atoms with van der Waals surface area (Å²) in [5.74, 6) is 0.378. The molecule has 2 aromatic carbocycles. The number of ketones is 1. The van der Waals surface area contributed by atoms with Gasteiger partial charge in [0.2, 0.25) is 0 Å². The van der Waals surface area contributed by atoms with Crippen molar-refractivity contribution in [2.24, 2.45) is 0 Å². The van der Waals surface area contributed by atoms with E-state index in [4.69, 9.17) is 4.74 Å². The van der Waals surface area contributed by atoms with Crippen molar-refractivity contribution in [2.75, 3.05) is 24.3 Å². The summed E-state index contributed by atoms with van der Waals surface area (Å²) in [7, 11) is 1.55. The van der Waals surface area contributed by atoms with Gasteiger partial charge in [0, 0.05) is 18.7 Å². The van der Waals surface area contributed by atoms with Gasteiger partial charge in [-0.2, -0.15) is 0 Å². The van der Waals surface area contributed by atoms with Crippen LogP contribution in [-0.4, -0.2) is 30.3 Å². The van der Waals surface area contributed by atoms with Crippen LogP contribution in [0, 0.1) is 27.7 Å². The topological polar surface area (TPSA) is 80.3 Å². The second-order valence-electron chi connectivity index (χ2n) is 7.46. The third kappa shape index (κ3) is 5.30. The molecule has 0 aliphatic rings. The smallest absolute Gasteiger partial charge is 0.267 e. The van der Waals surface area contributed by atoms with Crippen LogP contribution < -0.4 is 15.4 Å². The lowest BCUT2D eigenvalue weighted by atomic mass is 10.1. The Labute approximate surface area is 186 Å². The molecule has 2 N–H and O–H groups in total. The molecule has 0 aliphatic carbocycles. The number of rotatable bonds is 8. The molecule has 6 nitrogen and oxygen atoms in total. The van der Waals surface area contributed by atoms with E-state index in [9.17, 15) is 9.59 Å². The van der Waals surface area contributed by atoms with E-state index in [-0.39, 0.29) is 11.7 Å². The zero-order valence-corrected chi connectivity index (χ0v) is 19.3. The van der Waals surface area contributed by atoms with E-state index < -0.39 is 0 Å². The number of anilines is 2. The summed E-state index contributed by atoms with van der Waals surface area (Å²) in [6, 6.07) is 11.3. The van der Waals surface area contributed by atoms with Gasteiger partial charge in [-0.1, -0.05) is 41.2 Å². The number of methoxy groups -OCH3 is 1. The Kier molecular flexibility index (Phi) is 7.07. The lowest BCUT2D eigenvalue weighted by Gasteiger charge is -2.12. The van der Waals surface area contributed by atoms with Gasteiger partial charge in [0.1, 0.15) is 10.6 Å². The van der Waals surface area contributed by atoms with Gasteiger partial charge >= 0.3 is 0 Å². The van der Waals surface area contributed by atoms with Gasteiger partial charge in [-0.3, -0.25) is 9.59 Å². The summed E-state index contributed by atoms with van der Waals surface area (Å²) < 4.78 is 5.25. The molecule has 0 saturated heterocycles. The molecule has 0 fully saturated rings. The largest absolute Gasteiger partial charge is 0.496 e. The molecular formula is C24H27N3O3S. The number of para-hydroxylation sites is 1. The average molecular weight is 438 g/mol. The molecule has 0 bridgehead atoms. The number of nitrogens with one attached hydrogen (secondary N) is 2. The number of carbonyl (C=O) groups excluding carboxylic acids is 2. The van der Waals surface area contributed by atoms with Gasteiger partial charge in [-0.05, 0) is 51.0 Å². The fourth-order valence-corrected chi connectivity index (χ4v) is 4.41. The molecule has 0 aliphatic heterocycles. The van der Waals surface area contributed by atoms with Gasteiger partial charge in [-0.25, -0.2) is 4.98 Å². The maximum atomic E-state index is 12.8. The highest BCUT2D eigenvalue weighted by molar-refractivity contribution is 7.17. The lowest BCUT2D eigenvalue weighted by molar-refractivity contribution is 0.0982. The number of hydrogen-bond donors (Lipinski definition) is 2. The minimum absolute atomic E-state index is 0.0125. The third-order valence-electron chi connectivity index (χ3n) is 4.95. The highest BCUT2D eigenvalue weighted by Gasteiger charge is 2.18. The number of amides is 1. The van der Waals surface area contributed by atoms with Crippen LogP contribution in [0.3, 0.4) is 0 Å². The van der Waals surface area contributed by atoms with Crippen LogP contribution in [-0.2, 0) is 0 Å². The average Bonchev–Trinajstić information content (AvgIpc) is 3.10. The fourth-order valence-electron chi connectivity index (χ4n) is 3.52. The summed E-state index contributed by atoms with van der Waals surface area (Å²) in [5, 5.41) is 6.80. The van der Waals surface area contributed by atoms with E-state index in [0.29, 0.717) is 40.0 Å². The van der Waals surface area contributed by atoms with Crippen LogP contribution in [0.5, 0.6) is 5.75 Å². The molecule has 1 heterocycles. The van der Waals surface area contributed by atoms with E-state index >= 15 is 0 Å². The zero-order valence-electron chi connectivity index (χ0n) is 18.5. The van der Waals surface area contributed by atoms with E-state index in [1.54, 1.807) is 19.2 Å². The number of benzene rings is 2. The predicted octanol–water partition coefficient (Wildman–Crippen LogP) is 5.32. The van der Waals surface area contributed by atoms with E-state index in [0.717, 1.165) is 22.4 Å². The lowest BCUT2D eigenvalue weighted by Crippen LogP contribution is -2.13. The number of aromatic nitrogens is 1.